The molecule has 0 radical (unpaired) electrons. The smallest absolute Gasteiger partial charge is 0.384 e. The van der Waals surface area contributed by atoms with Crippen LogP contribution in [0.1, 0.15) is 101 Å². The maximum atomic E-state index is 14.3. The molecule has 320 valence electrons. The van der Waals surface area contributed by atoms with E-state index in [9.17, 15) is 13.2 Å². The molecule has 0 amide bonds. The number of anilines is 2. The largest absolute Gasteiger partial charge is 0.407 e. The Bertz CT molecular complexity index is 2830. The number of benzene rings is 4. The van der Waals surface area contributed by atoms with E-state index in [1.807, 2.05) is 71.4 Å². The SMILES string of the molecule is Nc1cc(C(CCCCN=C2CCC(n3nnc4c(C(CCNC(c5ccccc5)C(F)(F)F)c5ccccc5)cc(N)nc43)c3ccccc32)c2ccccc2)c2n[nH]nc2n1. The average Bonchev–Trinajstić information content (AvgIpc) is 3.95. The van der Waals surface area contributed by atoms with E-state index >= 15 is 0 Å². The highest BCUT2D eigenvalue weighted by molar-refractivity contribution is 6.03. The van der Waals surface area contributed by atoms with Gasteiger partial charge in [0.1, 0.15) is 28.7 Å². The summed E-state index contributed by atoms with van der Waals surface area (Å²) in [5.41, 5.74) is 22.3. The second-order valence-electron chi connectivity index (χ2n) is 16.0. The van der Waals surface area contributed by atoms with Crippen LogP contribution < -0.4 is 16.8 Å². The van der Waals surface area contributed by atoms with Crippen LogP contribution in [0.4, 0.5) is 24.8 Å². The van der Waals surface area contributed by atoms with E-state index in [0.29, 0.717) is 35.6 Å². The molecule has 1 aliphatic carbocycles. The number of unbranched alkanes of at least 4 members (excludes halogenated alkanes) is 1. The van der Waals surface area contributed by atoms with Crippen LogP contribution >= 0.6 is 0 Å². The highest BCUT2D eigenvalue weighted by Gasteiger charge is 2.40. The zero-order chi connectivity index (χ0) is 43.3. The van der Waals surface area contributed by atoms with Gasteiger partial charge in [-0.1, -0.05) is 127 Å². The number of alkyl halides is 3. The van der Waals surface area contributed by atoms with Crippen LogP contribution in [0.25, 0.3) is 22.3 Å². The van der Waals surface area contributed by atoms with Gasteiger partial charge in [0, 0.05) is 29.7 Å². The van der Waals surface area contributed by atoms with Gasteiger partial charge in [-0.25, -0.2) is 14.6 Å². The fourth-order valence-electron chi connectivity index (χ4n) is 9.10. The second-order valence-corrected chi connectivity index (χ2v) is 16.0. The number of aromatic nitrogens is 8. The number of rotatable bonds is 15. The predicted molar refractivity (Wildman–Crippen MR) is 239 cm³/mol. The first-order valence-electron chi connectivity index (χ1n) is 21.3. The van der Waals surface area contributed by atoms with Crippen LogP contribution in [-0.4, -0.2) is 65.4 Å². The van der Waals surface area contributed by atoms with E-state index < -0.39 is 12.2 Å². The number of fused-ring (bicyclic) bond motifs is 3. The highest BCUT2D eigenvalue weighted by Crippen LogP contribution is 2.39. The standard InChI is InChI=1S/C48H47F3N12/c49-48(50,51)45(32-18-8-3-9-19-32)55-27-25-34(31-16-6-2-7-17-31)38-29-42(53)57-47-44(38)59-62-63(47)40-24-23-39(35-21-10-11-22-36(35)40)54-26-13-12-20-33(30-14-4-1-5-15-30)37-28-41(52)56-46-43(37)58-61-60-46/h1-11,14-19,21-22,28-29,33-34,40,45,55H,12-13,20,23-27H2,(H2,53,57)(H3,52,56,58,60,61). The molecule has 12 nitrogen and oxygen atoms in total. The summed E-state index contributed by atoms with van der Waals surface area (Å²) < 4.78 is 44.7. The lowest BCUT2D eigenvalue weighted by molar-refractivity contribution is -0.157. The fourth-order valence-corrected chi connectivity index (χ4v) is 9.10. The number of halogens is 3. The number of aliphatic imine (C=N–C) groups is 1. The Morgan fingerprint density at radius 3 is 2.05 bits per heavy atom. The van der Waals surface area contributed by atoms with E-state index in [1.54, 1.807) is 24.3 Å². The number of nitrogen functional groups attached to an aromatic ring is 2. The van der Waals surface area contributed by atoms with Crippen molar-refractivity contribution in [3.05, 3.63) is 166 Å². The molecular weight excluding hydrogens is 802 g/mol. The number of nitrogens with one attached hydrogen (secondary N) is 2. The quantitative estimate of drug-likeness (QED) is 0.0733. The van der Waals surface area contributed by atoms with Crippen molar-refractivity contribution in [3.63, 3.8) is 0 Å². The number of aromatic amines is 1. The van der Waals surface area contributed by atoms with Gasteiger partial charge >= 0.3 is 6.18 Å². The van der Waals surface area contributed by atoms with E-state index in [-0.39, 0.29) is 35.8 Å². The number of nitrogens with zero attached hydrogens (tertiary/aromatic N) is 8. The summed E-state index contributed by atoms with van der Waals surface area (Å²) in [7, 11) is 0. The molecule has 0 spiro atoms. The molecule has 4 heterocycles. The number of hydrogen-bond acceptors (Lipinski definition) is 10. The summed E-state index contributed by atoms with van der Waals surface area (Å²) in [6, 6.07) is 38.0. The lowest BCUT2D eigenvalue weighted by Crippen LogP contribution is -2.35. The number of hydrogen-bond donors (Lipinski definition) is 4. The third-order valence-corrected chi connectivity index (χ3v) is 12.0. The summed E-state index contributed by atoms with van der Waals surface area (Å²) in [4.78, 5) is 14.3. The molecule has 4 aromatic heterocycles. The average molecular weight is 849 g/mol. The minimum Gasteiger partial charge on any atom is -0.384 e. The van der Waals surface area contributed by atoms with Gasteiger partial charge in [-0.3, -0.25) is 4.99 Å². The third kappa shape index (κ3) is 8.87. The Kier molecular flexibility index (Phi) is 11.9. The lowest BCUT2D eigenvalue weighted by atomic mass is 9.85. The predicted octanol–water partition coefficient (Wildman–Crippen LogP) is 9.25. The summed E-state index contributed by atoms with van der Waals surface area (Å²) in [6.45, 7) is 0.751. The lowest BCUT2D eigenvalue weighted by Gasteiger charge is -2.27. The summed E-state index contributed by atoms with van der Waals surface area (Å²) in [5.74, 6) is 0.421. The van der Waals surface area contributed by atoms with E-state index in [4.69, 9.17) is 31.8 Å². The molecule has 15 heteroatoms. The molecule has 4 atom stereocenters. The van der Waals surface area contributed by atoms with Crippen LogP contribution in [0.5, 0.6) is 0 Å². The van der Waals surface area contributed by atoms with E-state index in [1.165, 1.54) is 17.7 Å². The van der Waals surface area contributed by atoms with Crippen LogP contribution in [0.3, 0.4) is 0 Å². The Labute approximate surface area is 362 Å². The molecule has 4 aromatic carbocycles. The van der Waals surface area contributed by atoms with Gasteiger partial charge in [0.2, 0.25) is 5.65 Å². The highest BCUT2D eigenvalue weighted by atomic mass is 19.4. The zero-order valence-corrected chi connectivity index (χ0v) is 34.5. The van der Waals surface area contributed by atoms with Crippen molar-refractivity contribution < 1.29 is 13.2 Å². The monoisotopic (exact) mass is 848 g/mol. The van der Waals surface area contributed by atoms with Crippen LogP contribution in [0.2, 0.25) is 0 Å². The summed E-state index contributed by atoms with van der Waals surface area (Å²) >= 11 is 0. The topological polar surface area (TPSA) is 174 Å². The minimum atomic E-state index is -4.48. The molecule has 0 fully saturated rings. The first-order valence-corrected chi connectivity index (χ1v) is 21.3. The van der Waals surface area contributed by atoms with E-state index in [0.717, 1.165) is 71.1 Å². The maximum absolute atomic E-state index is 14.3. The van der Waals surface area contributed by atoms with Gasteiger partial charge in [-0.05, 0) is 84.2 Å². The van der Waals surface area contributed by atoms with Gasteiger partial charge < -0.3 is 16.8 Å². The number of H-pyrrole nitrogens is 1. The number of pyridine rings is 2. The first kappa shape index (κ1) is 41.4. The molecular formula is C48H47F3N12. The van der Waals surface area contributed by atoms with Crippen molar-refractivity contribution in [2.24, 2.45) is 4.99 Å². The van der Waals surface area contributed by atoms with Gasteiger partial charge in [0.05, 0.1) is 6.04 Å². The van der Waals surface area contributed by atoms with Gasteiger partial charge in [-0.2, -0.15) is 23.5 Å². The van der Waals surface area contributed by atoms with Crippen molar-refractivity contribution in [2.75, 3.05) is 24.6 Å². The van der Waals surface area contributed by atoms with Gasteiger partial charge in [0.15, 0.2) is 5.65 Å². The summed E-state index contributed by atoms with van der Waals surface area (Å²) in [5, 5.41) is 23.5. The molecule has 0 bridgehead atoms. The van der Waals surface area contributed by atoms with Crippen LogP contribution in [0.15, 0.2) is 132 Å². The molecule has 0 saturated heterocycles. The van der Waals surface area contributed by atoms with Crippen molar-refractivity contribution in [1.29, 1.82) is 0 Å². The van der Waals surface area contributed by atoms with Gasteiger partial charge in [-0.15, -0.1) is 10.2 Å². The molecule has 1 aliphatic rings. The third-order valence-electron chi connectivity index (χ3n) is 12.0. The first-order chi connectivity index (χ1) is 30.7. The molecule has 4 unspecified atom stereocenters. The Balaban J connectivity index is 0.940. The van der Waals surface area contributed by atoms with E-state index in [2.05, 4.69) is 50.0 Å². The molecule has 63 heavy (non-hydrogen) atoms. The van der Waals surface area contributed by atoms with Crippen LogP contribution in [-0.2, 0) is 0 Å². The summed E-state index contributed by atoms with van der Waals surface area (Å²) in [6.07, 6.45) is 0.0119. The Morgan fingerprint density at radius 1 is 0.730 bits per heavy atom. The Hall–Kier alpha value is -7.00. The van der Waals surface area contributed by atoms with Gasteiger partial charge in [0.25, 0.3) is 0 Å². The van der Waals surface area contributed by atoms with Crippen molar-refractivity contribution in [2.45, 2.75) is 68.6 Å². The van der Waals surface area contributed by atoms with Crippen molar-refractivity contribution in [3.8, 4) is 0 Å². The number of nitrogens with two attached hydrogens (primary N) is 2. The maximum Gasteiger partial charge on any atom is 0.407 e. The normalized spacial score (nSPS) is 16.3. The van der Waals surface area contributed by atoms with Crippen molar-refractivity contribution >= 4 is 39.7 Å². The molecule has 6 N–H and O–H groups in total. The second kappa shape index (κ2) is 18.2. The fraction of sp³-hybridized carbons (Fsp3) is 0.271. The molecule has 0 saturated carbocycles. The van der Waals surface area contributed by atoms with Crippen molar-refractivity contribution in [1.82, 2.24) is 45.7 Å². The molecule has 0 aliphatic heterocycles. The van der Waals surface area contributed by atoms with Crippen LogP contribution in [0, 0.1) is 0 Å². The zero-order valence-electron chi connectivity index (χ0n) is 34.5. The minimum absolute atomic E-state index is 0.0644. The molecule has 9 rings (SSSR count). The molecule has 8 aromatic rings. The Morgan fingerprint density at radius 2 is 1.35 bits per heavy atom.